The SMILES string of the molecule is CCOc1cc(/C=N/NC(=O)CNc2ccc(OC)cc2)ccc1OC. The van der Waals surface area contributed by atoms with Crippen molar-refractivity contribution in [2.24, 2.45) is 5.10 Å². The quantitative estimate of drug-likeness (QED) is 0.533. The van der Waals surface area contributed by atoms with Crippen LogP contribution < -0.4 is 25.0 Å². The average molecular weight is 357 g/mol. The molecule has 2 N–H and O–H groups in total. The molecule has 2 rings (SSSR count). The lowest BCUT2D eigenvalue weighted by atomic mass is 10.2. The minimum atomic E-state index is -0.254. The number of anilines is 1. The molecule has 2 aromatic carbocycles. The van der Waals surface area contributed by atoms with Crippen molar-refractivity contribution < 1.29 is 19.0 Å². The molecule has 0 heterocycles. The van der Waals surface area contributed by atoms with Crippen molar-refractivity contribution in [2.75, 3.05) is 32.7 Å². The lowest BCUT2D eigenvalue weighted by Crippen LogP contribution is -2.25. The lowest BCUT2D eigenvalue weighted by molar-refractivity contribution is -0.119. The first-order chi connectivity index (χ1) is 12.7. The molecule has 0 atom stereocenters. The van der Waals surface area contributed by atoms with Crippen LogP contribution in [0, 0.1) is 0 Å². The van der Waals surface area contributed by atoms with Crippen LogP contribution >= 0.6 is 0 Å². The minimum absolute atomic E-state index is 0.108. The Kier molecular flexibility index (Phi) is 7.30. The Hall–Kier alpha value is -3.22. The third-order valence-corrected chi connectivity index (χ3v) is 3.43. The van der Waals surface area contributed by atoms with Crippen LogP contribution in [0.2, 0.25) is 0 Å². The molecule has 0 bridgehead atoms. The van der Waals surface area contributed by atoms with Gasteiger partial charge in [-0.1, -0.05) is 0 Å². The predicted octanol–water partition coefficient (Wildman–Crippen LogP) is 2.66. The van der Waals surface area contributed by atoms with E-state index in [1.165, 1.54) is 0 Å². The predicted molar refractivity (Wildman–Crippen MR) is 101 cm³/mol. The summed E-state index contributed by atoms with van der Waals surface area (Å²) in [6, 6.07) is 12.7. The number of amides is 1. The van der Waals surface area contributed by atoms with Gasteiger partial charge in [0.2, 0.25) is 0 Å². The van der Waals surface area contributed by atoms with Crippen molar-refractivity contribution in [3.63, 3.8) is 0 Å². The number of carbonyl (C=O) groups is 1. The van der Waals surface area contributed by atoms with E-state index in [9.17, 15) is 4.79 Å². The summed E-state index contributed by atoms with van der Waals surface area (Å²) >= 11 is 0. The number of hydrogen-bond donors (Lipinski definition) is 2. The maximum Gasteiger partial charge on any atom is 0.259 e. The number of nitrogens with zero attached hydrogens (tertiary/aromatic N) is 1. The highest BCUT2D eigenvalue weighted by atomic mass is 16.5. The fourth-order valence-electron chi connectivity index (χ4n) is 2.15. The van der Waals surface area contributed by atoms with E-state index in [-0.39, 0.29) is 12.5 Å². The van der Waals surface area contributed by atoms with Gasteiger partial charge in [-0.05, 0) is 55.0 Å². The Balaban J connectivity index is 1.85. The molecule has 0 saturated heterocycles. The monoisotopic (exact) mass is 357 g/mol. The van der Waals surface area contributed by atoms with E-state index in [0.29, 0.717) is 18.1 Å². The fourth-order valence-corrected chi connectivity index (χ4v) is 2.15. The zero-order valence-corrected chi connectivity index (χ0v) is 15.1. The highest BCUT2D eigenvalue weighted by Crippen LogP contribution is 2.27. The topological polar surface area (TPSA) is 81.2 Å². The van der Waals surface area contributed by atoms with Crippen LogP contribution in [0.15, 0.2) is 47.6 Å². The average Bonchev–Trinajstić information content (AvgIpc) is 2.67. The van der Waals surface area contributed by atoms with E-state index in [1.54, 1.807) is 32.6 Å². The molecule has 0 fully saturated rings. The summed E-state index contributed by atoms with van der Waals surface area (Å²) in [6.45, 7) is 2.54. The van der Waals surface area contributed by atoms with E-state index in [2.05, 4.69) is 15.8 Å². The number of carbonyl (C=O) groups excluding carboxylic acids is 1. The van der Waals surface area contributed by atoms with Gasteiger partial charge < -0.3 is 19.5 Å². The first-order valence-electron chi connectivity index (χ1n) is 8.17. The Labute approximate surface area is 153 Å². The fraction of sp³-hybridized carbons (Fsp3) is 0.263. The number of methoxy groups -OCH3 is 2. The molecule has 0 aromatic heterocycles. The molecule has 2 aromatic rings. The second-order valence-corrected chi connectivity index (χ2v) is 5.22. The smallest absolute Gasteiger partial charge is 0.259 e. The highest BCUT2D eigenvalue weighted by molar-refractivity contribution is 5.84. The molecule has 7 heteroatoms. The van der Waals surface area contributed by atoms with Crippen molar-refractivity contribution in [1.82, 2.24) is 5.43 Å². The second-order valence-electron chi connectivity index (χ2n) is 5.22. The number of benzene rings is 2. The van der Waals surface area contributed by atoms with Crippen LogP contribution in [-0.4, -0.2) is 39.5 Å². The number of hydrazone groups is 1. The molecule has 0 unspecified atom stereocenters. The van der Waals surface area contributed by atoms with Crippen molar-refractivity contribution in [1.29, 1.82) is 0 Å². The van der Waals surface area contributed by atoms with E-state index in [0.717, 1.165) is 17.0 Å². The van der Waals surface area contributed by atoms with Gasteiger partial charge in [0.25, 0.3) is 5.91 Å². The van der Waals surface area contributed by atoms with Gasteiger partial charge in [0, 0.05) is 5.69 Å². The van der Waals surface area contributed by atoms with Crippen LogP contribution in [0.4, 0.5) is 5.69 Å². The van der Waals surface area contributed by atoms with E-state index in [4.69, 9.17) is 14.2 Å². The highest BCUT2D eigenvalue weighted by Gasteiger charge is 2.04. The summed E-state index contributed by atoms with van der Waals surface area (Å²) in [7, 11) is 3.19. The number of ether oxygens (including phenoxy) is 3. The largest absolute Gasteiger partial charge is 0.497 e. The van der Waals surface area contributed by atoms with Gasteiger partial charge in [-0.25, -0.2) is 5.43 Å². The van der Waals surface area contributed by atoms with Gasteiger partial charge in [0.1, 0.15) is 5.75 Å². The lowest BCUT2D eigenvalue weighted by Gasteiger charge is -2.09. The van der Waals surface area contributed by atoms with E-state index in [1.807, 2.05) is 37.3 Å². The van der Waals surface area contributed by atoms with Crippen molar-refractivity contribution >= 4 is 17.8 Å². The molecule has 1 amide bonds. The summed E-state index contributed by atoms with van der Waals surface area (Å²) in [6.07, 6.45) is 1.55. The summed E-state index contributed by atoms with van der Waals surface area (Å²) in [5.41, 5.74) is 4.09. The molecule has 0 aliphatic heterocycles. The summed E-state index contributed by atoms with van der Waals surface area (Å²) in [5, 5.41) is 6.96. The zero-order chi connectivity index (χ0) is 18.8. The molecule has 26 heavy (non-hydrogen) atoms. The van der Waals surface area contributed by atoms with Gasteiger partial charge in [-0.15, -0.1) is 0 Å². The second kappa shape index (κ2) is 9.93. The Bertz CT molecular complexity index is 745. The third-order valence-electron chi connectivity index (χ3n) is 3.43. The van der Waals surface area contributed by atoms with Crippen LogP contribution in [0.5, 0.6) is 17.2 Å². The number of hydrogen-bond acceptors (Lipinski definition) is 6. The summed E-state index contributed by atoms with van der Waals surface area (Å²) in [4.78, 5) is 11.8. The Morgan fingerprint density at radius 3 is 2.50 bits per heavy atom. The van der Waals surface area contributed by atoms with Crippen molar-refractivity contribution in [3.05, 3.63) is 48.0 Å². The Morgan fingerprint density at radius 1 is 1.08 bits per heavy atom. The molecule has 0 saturated carbocycles. The van der Waals surface area contributed by atoms with E-state index < -0.39 is 0 Å². The molecule has 0 spiro atoms. The molecule has 0 aliphatic carbocycles. The maximum atomic E-state index is 11.8. The van der Waals surface area contributed by atoms with Crippen LogP contribution in [0.25, 0.3) is 0 Å². The van der Waals surface area contributed by atoms with Crippen LogP contribution in [0.3, 0.4) is 0 Å². The van der Waals surface area contributed by atoms with Crippen LogP contribution in [0.1, 0.15) is 12.5 Å². The van der Waals surface area contributed by atoms with Gasteiger partial charge in [-0.3, -0.25) is 4.79 Å². The van der Waals surface area contributed by atoms with Gasteiger partial charge in [-0.2, -0.15) is 5.10 Å². The maximum absolute atomic E-state index is 11.8. The standard InChI is InChI=1S/C19H23N3O4/c1-4-26-18-11-14(5-10-17(18)25-3)12-21-22-19(23)13-20-15-6-8-16(24-2)9-7-15/h5-12,20H,4,13H2,1-3H3,(H,22,23)/b21-12+. The molecule has 0 aliphatic rings. The van der Waals surface area contributed by atoms with Crippen molar-refractivity contribution in [2.45, 2.75) is 6.92 Å². The molecular formula is C19H23N3O4. The molecule has 7 nitrogen and oxygen atoms in total. The summed E-state index contributed by atoms with van der Waals surface area (Å²) < 4.78 is 15.8. The molecular weight excluding hydrogens is 334 g/mol. The first kappa shape index (κ1) is 19.1. The Morgan fingerprint density at radius 2 is 1.85 bits per heavy atom. The van der Waals surface area contributed by atoms with Gasteiger partial charge in [0.15, 0.2) is 11.5 Å². The number of nitrogens with one attached hydrogen (secondary N) is 2. The van der Waals surface area contributed by atoms with Crippen molar-refractivity contribution in [3.8, 4) is 17.2 Å². The molecule has 0 radical (unpaired) electrons. The third kappa shape index (κ3) is 5.70. The van der Waals surface area contributed by atoms with Gasteiger partial charge >= 0.3 is 0 Å². The minimum Gasteiger partial charge on any atom is -0.497 e. The van der Waals surface area contributed by atoms with Crippen LogP contribution in [-0.2, 0) is 4.79 Å². The van der Waals surface area contributed by atoms with E-state index >= 15 is 0 Å². The number of rotatable bonds is 9. The summed E-state index contributed by atoms with van der Waals surface area (Å²) in [5.74, 6) is 1.79. The zero-order valence-electron chi connectivity index (χ0n) is 15.1. The normalized spacial score (nSPS) is 10.4. The first-order valence-corrected chi connectivity index (χ1v) is 8.17. The molecule has 138 valence electrons. The van der Waals surface area contributed by atoms with Gasteiger partial charge in [0.05, 0.1) is 33.6 Å².